The lowest BCUT2D eigenvalue weighted by atomic mass is 10.1. The van der Waals surface area contributed by atoms with Crippen molar-refractivity contribution in [2.75, 3.05) is 13.6 Å². The zero-order chi connectivity index (χ0) is 13.0. The van der Waals surface area contributed by atoms with Crippen LogP contribution in [0, 0.1) is 6.92 Å². The molecule has 2 N–H and O–H groups in total. The molecule has 1 aromatic carbocycles. The Balaban J connectivity index is 2.21. The molecule has 0 saturated heterocycles. The lowest BCUT2D eigenvalue weighted by molar-refractivity contribution is 0.524. The Morgan fingerprint density at radius 3 is 2.83 bits per heavy atom. The number of likely N-dealkylation sites (N-methyl/N-ethyl adjacent to an activating group) is 1. The van der Waals surface area contributed by atoms with Crippen molar-refractivity contribution in [3.63, 3.8) is 0 Å². The van der Waals surface area contributed by atoms with E-state index >= 15 is 0 Å². The number of benzene rings is 1. The fourth-order valence-electron chi connectivity index (χ4n) is 2.20. The minimum Gasteiger partial charge on any atom is -0.318 e. The molecule has 1 unspecified atom stereocenters. The molecule has 2 aromatic rings. The van der Waals surface area contributed by atoms with Gasteiger partial charge in [-0.25, -0.2) is 0 Å². The Morgan fingerprint density at radius 1 is 1.28 bits per heavy atom. The topological polar surface area (TPSA) is 37.0 Å². The van der Waals surface area contributed by atoms with Gasteiger partial charge in [-0.3, -0.25) is 4.98 Å². The van der Waals surface area contributed by atoms with Gasteiger partial charge in [0.1, 0.15) is 0 Å². The second-order valence-electron chi connectivity index (χ2n) is 4.78. The van der Waals surface area contributed by atoms with E-state index in [-0.39, 0.29) is 0 Å². The Labute approximate surface area is 109 Å². The highest BCUT2D eigenvalue weighted by molar-refractivity contribution is 5.82. The van der Waals surface area contributed by atoms with E-state index in [2.05, 4.69) is 46.8 Å². The summed E-state index contributed by atoms with van der Waals surface area (Å²) in [4.78, 5) is 4.56. The largest absolute Gasteiger partial charge is 0.318 e. The molecule has 18 heavy (non-hydrogen) atoms. The van der Waals surface area contributed by atoms with Crippen molar-refractivity contribution in [2.45, 2.75) is 26.4 Å². The highest BCUT2D eigenvalue weighted by atomic mass is 15.0. The molecule has 0 saturated carbocycles. The van der Waals surface area contributed by atoms with E-state index in [9.17, 15) is 0 Å². The van der Waals surface area contributed by atoms with Crippen molar-refractivity contribution < 1.29 is 0 Å². The summed E-state index contributed by atoms with van der Waals surface area (Å²) < 4.78 is 0. The van der Waals surface area contributed by atoms with Crippen molar-refractivity contribution in [2.24, 2.45) is 0 Å². The molecule has 0 fully saturated rings. The summed E-state index contributed by atoms with van der Waals surface area (Å²) >= 11 is 0. The maximum atomic E-state index is 4.56. The summed E-state index contributed by atoms with van der Waals surface area (Å²) in [5, 5.41) is 7.95. The number of nitrogens with one attached hydrogen (secondary N) is 2. The molecule has 0 aliphatic carbocycles. The average Bonchev–Trinajstić information content (AvgIpc) is 2.36. The van der Waals surface area contributed by atoms with Crippen LogP contribution in [0.2, 0.25) is 0 Å². The van der Waals surface area contributed by atoms with Crippen LogP contribution in [-0.2, 0) is 6.54 Å². The van der Waals surface area contributed by atoms with Crippen LogP contribution in [0.25, 0.3) is 10.9 Å². The van der Waals surface area contributed by atoms with E-state index in [0.717, 1.165) is 24.3 Å². The Hall–Kier alpha value is -1.45. The zero-order valence-electron chi connectivity index (χ0n) is 11.3. The van der Waals surface area contributed by atoms with Crippen molar-refractivity contribution in [1.82, 2.24) is 15.6 Å². The van der Waals surface area contributed by atoms with Crippen molar-refractivity contribution in [3.05, 3.63) is 41.6 Å². The van der Waals surface area contributed by atoms with Crippen molar-refractivity contribution in [3.8, 4) is 0 Å². The maximum Gasteiger partial charge on any atom is 0.0708 e. The second-order valence-corrected chi connectivity index (χ2v) is 4.78. The number of rotatable bonds is 5. The molecule has 1 heterocycles. The monoisotopic (exact) mass is 243 g/mol. The highest BCUT2D eigenvalue weighted by Crippen LogP contribution is 2.17. The molecule has 1 atom stereocenters. The summed E-state index contributed by atoms with van der Waals surface area (Å²) in [7, 11) is 1.98. The van der Waals surface area contributed by atoms with Gasteiger partial charge in [-0.1, -0.05) is 18.2 Å². The molecular formula is C15H21N3. The second kappa shape index (κ2) is 5.94. The van der Waals surface area contributed by atoms with Gasteiger partial charge in [0, 0.05) is 30.2 Å². The van der Waals surface area contributed by atoms with Crippen LogP contribution in [0.15, 0.2) is 30.3 Å². The molecule has 2 rings (SSSR count). The molecular weight excluding hydrogens is 222 g/mol. The summed E-state index contributed by atoms with van der Waals surface area (Å²) in [6.45, 7) is 6.09. The van der Waals surface area contributed by atoms with E-state index in [1.165, 1.54) is 10.9 Å². The van der Waals surface area contributed by atoms with Gasteiger partial charge in [0.2, 0.25) is 0 Å². The van der Waals surface area contributed by atoms with Gasteiger partial charge in [-0.2, -0.15) is 0 Å². The van der Waals surface area contributed by atoms with Crippen molar-refractivity contribution in [1.29, 1.82) is 0 Å². The third-order valence-corrected chi connectivity index (χ3v) is 3.08. The summed E-state index contributed by atoms with van der Waals surface area (Å²) in [5.41, 5.74) is 3.48. The third kappa shape index (κ3) is 3.06. The van der Waals surface area contributed by atoms with Gasteiger partial charge in [-0.05, 0) is 38.6 Å². The fraction of sp³-hybridized carbons (Fsp3) is 0.400. The summed E-state index contributed by atoms with van der Waals surface area (Å²) in [5.74, 6) is 0. The van der Waals surface area contributed by atoms with Gasteiger partial charge in [-0.15, -0.1) is 0 Å². The minimum atomic E-state index is 0.460. The first kappa shape index (κ1) is 13.0. The highest BCUT2D eigenvalue weighted by Gasteiger charge is 2.05. The first-order valence-corrected chi connectivity index (χ1v) is 6.44. The van der Waals surface area contributed by atoms with Crippen LogP contribution in [0.5, 0.6) is 0 Å². The van der Waals surface area contributed by atoms with Gasteiger partial charge in [0.05, 0.1) is 5.52 Å². The smallest absolute Gasteiger partial charge is 0.0708 e. The number of para-hydroxylation sites is 1. The van der Waals surface area contributed by atoms with E-state index in [1.807, 2.05) is 20.0 Å². The third-order valence-electron chi connectivity index (χ3n) is 3.08. The fourth-order valence-corrected chi connectivity index (χ4v) is 2.20. The predicted octanol–water partition coefficient (Wildman–Crippen LogP) is 2.24. The van der Waals surface area contributed by atoms with Crippen LogP contribution in [-0.4, -0.2) is 24.6 Å². The van der Waals surface area contributed by atoms with Gasteiger partial charge in [0.25, 0.3) is 0 Å². The zero-order valence-corrected chi connectivity index (χ0v) is 11.3. The molecule has 0 radical (unpaired) electrons. The van der Waals surface area contributed by atoms with Gasteiger partial charge >= 0.3 is 0 Å². The quantitative estimate of drug-likeness (QED) is 0.845. The standard InChI is InChI=1S/C15H21N3/c1-11-8-13(10-17-12(2)9-16-3)14-6-4-5-7-15(14)18-11/h4-8,12,16-17H,9-10H2,1-3H3. The number of aromatic nitrogens is 1. The number of fused-ring (bicyclic) bond motifs is 1. The molecule has 1 aromatic heterocycles. The van der Waals surface area contributed by atoms with E-state index in [0.29, 0.717) is 6.04 Å². The van der Waals surface area contributed by atoms with Gasteiger partial charge in [0.15, 0.2) is 0 Å². The van der Waals surface area contributed by atoms with Crippen LogP contribution < -0.4 is 10.6 Å². The SMILES string of the molecule is CNCC(C)NCc1cc(C)nc2ccccc12. The predicted molar refractivity (Wildman–Crippen MR) is 76.7 cm³/mol. The molecule has 3 heteroatoms. The minimum absolute atomic E-state index is 0.460. The Bertz CT molecular complexity index is 522. The molecule has 0 bridgehead atoms. The van der Waals surface area contributed by atoms with Crippen LogP contribution in [0.3, 0.4) is 0 Å². The normalized spacial score (nSPS) is 12.8. The van der Waals surface area contributed by atoms with Crippen LogP contribution in [0.1, 0.15) is 18.2 Å². The number of nitrogens with zero attached hydrogens (tertiary/aromatic N) is 1. The van der Waals surface area contributed by atoms with E-state index < -0.39 is 0 Å². The lowest BCUT2D eigenvalue weighted by Gasteiger charge is -2.14. The first-order valence-electron chi connectivity index (χ1n) is 6.44. The Kier molecular flexibility index (Phi) is 4.28. The number of aryl methyl sites for hydroxylation is 1. The van der Waals surface area contributed by atoms with Crippen molar-refractivity contribution >= 4 is 10.9 Å². The van der Waals surface area contributed by atoms with Crippen LogP contribution in [0.4, 0.5) is 0 Å². The van der Waals surface area contributed by atoms with E-state index in [1.54, 1.807) is 0 Å². The molecule has 3 nitrogen and oxygen atoms in total. The summed E-state index contributed by atoms with van der Waals surface area (Å²) in [6, 6.07) is 10.9. The maximum absolute atomic E-state index is 4.56. The average molecular weight is 243 g/mol. The molecule has 0 amide bonds. The molecule has 0 spiro atoms. The van der Waals surface area contributed by atoms with Gasteiger partial charge < -0.3 is 10.6 Å². The number of pyridine rings is 1. The summed E-state index contributed by atoms with van der Waals surface area (Å²) in [6.07, 6.45) is 0. The van der Waals surface area contributed by atoms with E-state index in [4.69, 9.17) is 0 Å². The molecule has 0 aliphatic heterocycles. The molecule has 0 aliphatic rings. The number of hydrogen-bond acceptors (Lipinski definition) is 3. The lowest BCUT2D eigenvalue weighted by Crippen LogP contribution is -2.34. The molecule has 96 valence electrons. The Morgan fingerprint density at radius 2 is 2.06 bits per heavy atom. The van der Waals surface area contributed by atoms with Crippen LogP contribution >= 0.6 is 0 Å². The first-order chi connectivity index (χ1) is 8.70. The number of hydrogen-bond donors (Lipinski definition) is 2.